The van der Waals surface area contributed by atoms with Crippen LogP contribution in [0.3, 0.4) is 0 Å². The number of allylic oxidation sites excluding steroid dienone is 1. The van der Waals surface area contributed by atoms with E-state index in [0.29, 0.717) is 5.92 Å². The van der Waals surface area contributed by atoms with Crippen LogP contribution < -0.4 is 0 Å². The van der Waals surface area contributed by atoms with E-state index in [-0.39, 0.29) is 5.78 Å². The van der Waals surface area contributed by atoms with Gasteiger partial charge in [-0.15, -0.1) is 0 Å². The van der Waals surface area contributed by atoms with Gasteiger partial charge in [-0.1, -0.05) is 6.08 Å². The van der Waals surface area contributed by atoms with Gasteiger partial charge in [0.05, 0.1) is 6.61 Å². The smallest absolute Gasteiger partial charge is 0.152 e. The number of ether oxygens (including phenoxy) is 1. The van der Waals surface area contributed by atoms with Gasteiger partial charge in [0, 0.05) is 12.5 Å². The van der Waals surface area contributed by atoms with Crippen molar-refractivity contribution in [1.29, 1.82) is 0 Å². The molecule has 0 aromatic carbocycles. The number of rotatable bonds is 2. The van der Waals surface area contributed by atoms with E-state index in [2.05, 4.69) is 0 Å². The third-order valence-electron chi connectivity index (χ3n) is 1.80. The Kier molecular flexibility index (Phi) is 3.30. The van der Waals surface area contributed by atoms with Gasteiger partial charge in [-0.05, 0) is 25.8 Å². The van der Waals surface area contributed by atoms with Crippen LogP contribution in [0.25, 0.3) is 0 Å². The Morgan fingerprint density at radius 1 is 1.64 bits per heavy atom. The summed E-state index contributed by atoms with van der Waals surface area (Å²) in [7, 11) is 0. The van der Waals surface area contributed by atoms with E-state index in [4.69, 9.17) is 4.74 Å². The van der Waals surface area contributed by atoms with Crippen molar-refractivity contribution in [3.05, 3.63) is 12.2 Å². The van der Waals surface area contributed by atoms with Crippen molar-refractivity contribution < 1.29 is 9.53 Å². The summed E-state index contributed by atoms with van der Waals surface area (Å²) in [6.45, 7) is 3.23. The predicted molar refractivity (Wildman–Crippen MR) is 43.4 cm³/mol. The second-order valence-electron chi connectivity index (χ2n) is 2.95. The zero-order chi connectivity index (χ0) is 8.10. The summed E-state index contributed by atoms with van der Waals surface area (Å²) in [4.78, 5) is 10.6. The Bertz CT molecular complexity index is 155. The molecule has 2 nitrogen and oxygen atoms in total. The third-order valence-corrected chi connectivity index (χ3v) is 1.80. The van der Waals surface area contributed by atoms with Crippen molar-refractivity contribution in [1.82, 2.24) is 0 Å². The van der Waals surface area contributed by atoms with Gasteiger partial charge in [0.25, 0.3) is 0 Å². The minimum Gasteiger partial charge on any atom is -0.381 e. The maximum atomic E-state index is 10.6. The fraction of sp³-hybridized carbons (Fsp3) is 0.667. The Morgan fingerprint density at radius 2 is 2.45 bits per heavy atom. The molecule has 1 atom stereocenters. The van der Waals surface area contributed by atoms with E-state index in [0.717, 1.165) is 26.1 Å². The molecular formula is C9H14O2. The van der Waals surface area contributed by atoms with Crippen LogP contribution in [0.1, 0.15) is 19.8 Å². The van der Waals surface area contributed by atoms with E-state index >= 15 is 0 Å². The molecule has 1 saturated heterocycles. The highest BCUT2D eigenvalue weighted by molar-refractivity contribution is 5.87. The second-order valence-corrected chi connectivity index (χ2v) is 2.95. The Labute approximate surface area is 67.2 Å². The summed E-state index contributed by atoms with van der Waals surface area (Å²) in [5.74, 6) is 0.586. The molecule has 0 bridgehead atoms. The molecule has 1 heterocycles. The molecule has 0 spiro atoms. The molecule has 1 unspecified atom stereocenters. The van der Waals surface area contributed by atoms with Crippen molar-refractivity contribution in [2.45, 2.75) is 19.8 Å². The Hall–Kier alpha value is -0.630. The maximum absolute atomic E-state index is 10.6. The third kappa shape index (κ3) is 3.33. The molecule has 1 fully saturated rings. The van der Waals surface area contributed by atoms with Gasteiger partial charge in [-0.25, -0.2) is 0 Å². The van der Waals surface area contributed by atoms with E-state index in [1.165, 1.54) is 0 Å². The first kappa shape index (κ1) is 8.47. The quantitative estimate of drug-likeness (QED) is 0.564. The fourth-order valence-electron chi connectivity index (χ4n) is 1.19. The number of ketones is 1. The highest BCUT2D eigenvalue weighted by Gasteiger charge is 2.09. The second kappa shape index (κ2) is 4.29. The van der Waals surface area contributed by atoms with Crippen molar-refractivity contribution >= 4 is 5.78 Å². The lowest BCUT2D eigenvalue weighted by atomic mass is 10.0. The molecule has 1 aliphatic rings. The molecule has 0 radical (unpaired) electrons. The maximum Gasteiger partial charge on any atom is 0.152 e. The van der Waals surface area contributed by atoms with E-state index in [9.17, 15) is 4.79 Å². The van der Waals surface area contributed by atoms with Crippen LogP contribution in [0.4, 0.5) is 0 Å². The van der Waals surface area contributed by atoms with Gasteiger partial charge in [-0.2, -0.15) is 0 Å². The molecule has 0 aliphatic carbocycles. The van der Waals surface area contributed by atoms with Gasteiger partial charge >= 0.3 is 0 Å². The largest absolute Gasteiger partial charge is 0.381 e. The summed E-state index contributed by atoms with van der Waals surface area (Å²) in [5, 5.41) is 0. The lowest BCUT2D eigenvalue weighted by molar-refractivity contribution is -0.112. The van der Waals surface area contributed by atoms with Gasteiger partial charge in [0.2, 0.25) is 0 Å². The first-order valence-corrected chi connectivity index (χ1v) is 4.05. The van der Waals surface area contributed by atoms with Crippen LogP contribution >= 0.6 is 0 Å². The summed E-state index contributed by atoms with van der Waals surface area (Å²) < 4.78 is 5.25. The average molecular weight is 154 g/mol. The van der Waals surface area contributed by atoms with Gasteiger partial charge in [0.1, 0.15) is 0 Å². The van der Waals surface area contributed by atoms with Crippen LogP contribution in [0, 0.1) is 5.92 Å². The first-order chi connectivity index (χ1) is 5.29. The summed E-state index contributed by atoms with van der Waals surface area (Å²) in [6, 6.07) is 0. The standard InChI is InChI=1S/C9H14O2/c1-8(10)4-5-9-3-2-6-11-7-9/h4-5,9H,2-3,6-7H2,1H3. The van der Waals surface area contributed by atoms with Crippen LogP contribution in [0.5, 0.6) is 0 Å². The molecule has 1 aliphatic heterocycles. The molecular weight excluding hydrogens is 140 g/mol. The topological polar surface area (TPSA) is 26.3 Å². The number of hydrogen-bond acceptors (Lipinski definition) is 2. The van der Waals surface area contributed by atoms with Crippen molar-refractivity contribution in [2.75, 3.05) is 13.2 Å². The van der Waals surface area contributed by atoms with E-state index in [1.54, 1.807) is 13.0 Å². The zero-order valence-corrected chi connectivity index (χ0v) is 6.88. The Balaban J connectivity index is 2.29. The van der Waals surface area contributed by atoms with Crippen LogP contribution in [0.2, 0.25) is 0 Å². The summed E-state index contributed by atoms with van der Waals surface area (Å²) >= 11 is 0. The average Bonchev–Trinajstić information content (AvgIpc) is 2.03. The first-order valence-electron chi connectivity index (χ1n) is 4.05. The van der Waals surface area contributed by atoms with Crippen LogP contribution in [-0.2, 0) is 9.53 Å². The van der Waals surface area contributed by atoms with Crippen molar-refractivity contribution in [3.63, 3.8) is 0 Å². The zero-order valence-electron chi connectivity index (χ0n) is 6.88. The molecule has 2 heteroatoms. The van der Waals surface area contributed by atoms with Crippen molar-refractivity contribution in [2.24, 2.45) is 5.92 Å². The highest BCUT2D eigenvalue weighted by atomic mass is 16.5. The fourth-order valence-corrected chi connectivity index (χ4v) is 1.19. The van der Waals surface area contributed by atoms with E-state index < -0.39 is 0 Å². The number of hydrogen-bond donors (Lipinski definition) is 0. The monoisotopic (exact) mass is 154 g/mol. The van der Waals surface area contributed by atoms with Crippen LogP contribution in [-0.4, -0.2) is 19.0 Å². The molecule has 0 amide bonds. The molecule has 0 saturated carbocycles. The molecule has 11 heavy (non-hydrogen) atoms. The summed E-state index contributed by atoms with van der Waals surface area (Å²) in [6.07, 6.45) is 5.87. The lowest BCUT2D eigenvalue weighted by Crippen LogP contribution is -2.15. The molecule has 0 N–H and O–H groups in total. The molecule has 62 valence electrons. The minimum atomic E-state index is 0.121. The minimum absolute atomic E-state index is 0.121. The van der Waals surface area contributed by atoms with Gasteiger partial charge < -0.3 is 4.74 Å². The van der Waals surface area contributed by atoms with Gasteiger partial charge in [0.15, 0.2) is 5.78 Å². The molecule has 0 aromatic rings. The number of carbonyl (C=O) groups is 1. The highest BCUT2D eigenvalue weighted by Crippen LogP contribution is 2.14. The van der Waals surface area contributed by atoms with Crippen molar-refractivity contribution in [3.8, 4) is 0 Å². The molecule has 1 rings (SSSR count). The molecule has 0 aromatic heterocycles. The Morgan fingerprint density at radius 3 is 3.00 bits per heavy atom. The SMILES string of the molecule is CC(=O)C=CC1CCCOC1. The summed E-state index contributed by atoms with van der Waals surface area (Å²) in [5.41, 5.74) is 0. The predicted octanol–water partition coefficient (Wildman–Crippen LogP) is 1.56. The normalized spacial score (nSPS) is 25.7. The van der Waals surface area contributed by atoms with Gasteiger partial charge in [-0.3, -0.25) is 4.79 Å². The van der Waals surface area contributed by atoms with E-state index in [1.807, 2.05) is 6.08 Å². The lowest BCUT2D eigenvalue weighted by Gasteiger charge is -2.18. The van der Waals surface area contributed by atoms with Crippen LogP contribution in [0.15, 0.2) is 12.2 Å². The number of carbonyl (C=O) groups excluding carboxylic acids is 1.